The lowest BCUT2D eigenvalue weighted by molar-refractivity contribution is -0.121. The number of piperidine rings is 1. The molecule has 1 heterocycles. The number of amides is 1. The smallest absolute Gasteiger partial charge is 0.220 e. The van der Waals surface area contributed by atoms with Crippen molar-refractivity contribution in [2.45, 2.75) is 77.7 Å². The zero-order chi connectivity index (χ0) is 19.5. The Morgan fingerprint density at radius 2 is 1.67 bits per heavy atom. The van der Waals surface area contributed by atoms with Gasteiger partial charge >= 0.3 is 0 Å². The predicted molar refractivity (Wildman–Crippen MR) is 113 cm³/mol. The van der Waals surface area contributed by atoms with Crippen LogP contribution in [0.5, 0.6) is 0 Å². The van der Waals surface area contributed by atoms with Crippen LogP contribution in [0.4, 0.5) is 0 Å². The molecule has 0 bridgehead atoms. The predicted octanol–water partition coefficient (Wildman–Crippen LogP) is 2.50. The Labute approximate surface area is 165 Å². The van der Waals surface area contributed by atoms with E-state index in [2.05, 4.69) is 41.6 Å². The molecule has 1 amide bonds. The number of nitrogens with one attached hydrogen (secondary N) is 3. The maximum atomic E-state index is 12.0. The van der Waals surface area contributed by atoms with Crippen LogP contribution in [0.3, 0.4) is 0 Å². The highest BCUT2D eigenvalue weighted by Crippen LogP contribution is 2.27. The lowest BCUT2D eigenvalue weighted by Gasteiger charge is -2.40. The van der Waals surface area contributed by atoms with Crippen LogP contribution in [0.1, 0.15) is 72.1 Å². The van der Waals surface area contributed by atoms with Crippen molar-refractivity contribution in [1.82, 2.24) is 20.9 Å². The van der Waals surface area contributed by atoms with E-state index in [9.17, 15) is 4.79 Å². The van der Waals surface area contributed by atoms with Crippen molar-refractivity contribution in [3.63, 3.8) is 0 Å². The number of carbonyl (C=O) groups is 1. The average molecular weight is 380 g/mol. The van der Waals surface area contributed by atoms with Crippen LogP contribution >= 0.6 is 0 Å². The molecule has 0 radical (unpaired) electrons. The number of likely N-dealkylation sites (tertiary alicyclic amines) is 1. The molecule has 1 aliphatic carbocycles. The zero-order valence-electron chi connectivity index (χ0n) is 17.8. The van der Waals surface area contributed by atoms with Crippen molar-refractivity contribution in [2.24, 2.45) is 10.9 Å². The molecule has 2 aliphatic rings. The van der Waals surface area contributed by atoms with Crippen molar-refractivity contribution in [3.8, 4) is 0 Å². The second-order valence-corrected chi connectivity index (χ2v) is 8.69. The number of hydrogen-bond acceptors (Lipinski definition) is 3. The lowest BCUT2D eigenvalue weighted by atomic mass is 9.99. The highest BCUT2D eigenvalue weighted by atomic mass is 16.1. The van der Waals surface area contributed by atoms with E-state index in [0.29, 0.717) is 25.4 Å². The Morgan fingerprint density at radius 1 is 1.00 bits per heavy atom. The van der Waals surface area contributed by atoms with Gasteiger partial charge in [-0.15, -0.1) is 0 Å². The molecule has 2 rings (SSSR count). The van der Waals surface area contributed by atoms with Gasteiger partial charge in [0.15, 0.2) is 5.96 Å². The van der Waals surface area contributed by atoms with Gasteiger partial charge in [0.05, 0.1) is 6.54 Å². The molecule has 0 aromatic heterocycles. The zero-order valence-corrected chi connectivity index (χ0v) is 17.8. The fourth-order valence-corrected chi connectivity index (χ4v) is 4.15. The minimum absolute atomic E-state index is 0.0816. The monoisotopic (exact) mass is 379 g/mol. The van der Waals surface area contributed by atoms with Crippen LogP contribution in [0.25, 0.3) is 0 Å². The van der Waals surface area contributed by atoms with Crippen LogP contribution in [-0.4, -0.2) is 61.6 Å². The molecule has 156 valence electrons. The highest BCUT2D eigenvalue weighted by molar-refractivity contribution is 5.80. The van der Waals surface area contributed by atoms with E-state index in [-0.39, 0.29) is 11.4 Å². The molecule has 6 heteroatoms. The SMILES string of the molecule is CCNC(=NCC(C)(C)N1CCCCC1)NCCNC(=O)CC1CCCC1. The minimum atomic E-state index is 0.0816. The third kappa shape index (κ3) is 8.08. The molecular formula is C21H41N5O. The molecular weight excluding hydrogens is 338 g/mol. The molecule has 27 heavy (non-hydrogen) atoms. The van der Waals surface area contributed by atoms with E-state index in [1.807, 2.05) is 0 Å². The maximum absolute atomic E-state index is 12.0. The Morgan fingerprint density at radius 3 is 2.33 bits per heavy atom. The summed E-state index contributed by atoms with van der Waals surface area (Å²) in [5, 5.41) is 9.70. The van der Waals surface area contributed by atoms with Crippen molar-refractivity contribution >= 4 is 11.9 Å². The third-order valence-corrected chi connectivity index (χ3v) is 5.87. The summed E-state index contributed by atoms with van der Waals surface area (Å²) in [6, 6.07) is 0. The second-order valence-electron chi connectivity index (χ2n) is 8.69. The first-order valence-electron chi connectivity index (χ1n) is 11.0. The van der Waals surface area contributed by atoms with E-state index in [1.54, 1.807) is 0 Å². The number of nitrogens with zero attached hydrogens (tertiary/aromatic N) is 2. The van der Waals surface area contributed by atoms with Crippen LogP contribution in [-0.2, 0) is 4.79 Å². The molecule has 0 aromatic rings. The van der Waals surface area contributed by atoms with Gasteiger partial charge in [0.1, 0.15) is 0 Å². The first-order chi connectivity index (χ1) is 13.0. The van der Waals surface area contributed by atoms with Gasteiger partial charge < -0.3 is 16.0 Å². The van der Waals surface area contributed by atoms with Crippen molar-refractivity contribution in [1.29, 1.82) is 0 Å². The maximum Gasteiger partial charge on any atom is 0.220 e. The van der Waals surface area contributed by atoms with Crippen LogP contribution in [0, 0.1) is 5.92 Å². The first-order valence-corrected chi connectivity index (χ1v) is 11.0. The van der Waals surface area contributed by atoms with Crippen molar-refractivity contribution in [2.75, 3.05) is 39.3 Å². The number of guanidine groups is 1. The van der Waals surface area contributed by atoms with Crippen molar-refractivity contribution in [3.05, 3.63) is 0 Å². The molecule has 0 unspecified atom stereocenters. The van der Waals surface area contributed by atoms with Gasteiger partial charge in [0.25, 0.3) is 0 Å². The van der Waals surface area contributed by atoms with E-state index in [1.165, 1.54) is 58.0 Å². The highest BCUT2D eigenvalue weighted by Gasteiger charge is 2.27. The first kappa shape index (κ1) is 22.0. The average Bonchev–Trinajstić information content (AvgIpc) is 3.17. The number of hydrogen-bond donors (Lipinski definition) is 3. The molecule has 0 atom stereocenters. The Balaban J connectivity index is 1.70. The quantitative estimate of drug-likeness (QED) is 0.327. The number of rotatable bonds is 9. The van der Waals surface area contributed by atoms with Gasteiger partial charge in [-0.25, -0.2) is 0 Å². The summed E-state index contributed by atoms with van der Waals surface area (Å²) in [6.07, 6.45) is 9.65. The Bertz CT molecular complexity index is 465. The van der Waals surface area contributed by atoms with Gasteiger partial charge in [-0.3, -0.25) is 14.7 Å². The summed E-state index contributed by atoms with van der Waals surface area (Å²) in [5.41, 5.74) is 0.0816. The topological polar surface area (TPSA) is 68.8 Å². The van der Waals surface area contributed by atoms with Gasteiger partial charge in [-0.1, -0.05) is 19.3 Å². The largest absolute Gasteiger partial charge is 0.357 e. The van der Waals surface area contributed by atoms with Crippen LogP contribution < -0.4 is 16.0 Å². The molecule has 3 N–H and O–H groups in total. The Hall–Kier alpha value is -1.30. The molecule has 0 aromatic carbocycles. The Kier molecular flexibility index (Phi) is 9.39. The summed E-state index contributed by atoms with van der Waals surface area (Å²) in [5.74, 6) is 1.64. The van der Waals surface area contributed by atoms with Gasteiger partial charge in [0, 0.05) is 31.6 Å². The molecule has 1 aliphatic heterocycles. The van der Waals surface area contributed by atoms with Crippen LogP contribution in [0.15, 0.2) is 4.99 Å². The summed E-state index contributed by atoms with van der Waals surface area (Å²) < 4.78 is 0. The lowest BCUT2D eigenvalue weighted by Crippen LogP contribution is -2.50. The van der Waals surface area contributed by atoms with Gasteiger partial charge in [0.2, 0.25) is 5.91 Å². The minimum Gasteiger partial charge on any atom is -0.357 e. The second kappa shape index (κ2) is 11.5. The number of aliphatic imine (C=N–C) groups is 1. The molecule has 0 spiro atoms. The fourth-order valence-electron chi connectivity index (χ4n) is 4.15. The standard InChI is InChI=1S/C21H41N5O/c1-4-22-20(25-17-21(2,3)26-14-8-5-9-15-26)24-13-12-23-19(27)16-18-10-6-7-11-18/h18H,4-17H2,1-3H3,(H,23,27)(H2,22,24,25). The molecule has 2 fully saturated rings. The van der Waals surface area contributed by atoms with E-state index in [4.69, 9.17) is 4.99 Å². The molecule has 6 nitrogen and oxygen atoms in total. The summed E-state index contributed by atoms with van der Waals surface area (Å²) >= 11 is 0. The van der Waals surface area contributed by atoms with E-state index < -0.39 is 0 Å². The van der Waals surface area contributed by atoms with Crippen LogP contribution in [0.2, 0.25) is 0 Å². The van der Waals surface area contributed by atoms with E-state index >= 15 is 0 Å². The fraction of sp³-hybridized carbons (Fsp3) is 0.905. The molecule has 1 saturated carbocycles. The summed E-state index contributed by atoms with van der Waals surface area (Å²) in [4.78, 5) is 19.4. The van der Waals surface area contributed by atoms with Gasteiger partial charge in [-0.05, 0) is 65.5 Å². The summed E-state index contributed by atoms with van der Waals surface area (Å²) in [6.45, 7) is 12.0. The normalized spacial score (nSPS) is 19.9. The number of carbonyl (C=O) groups excluding carboxylic acids is 1. The molecule has 1 saturated heterocycles. The van der Waals surface area contributed by atoms with Gasteiger partial charge in [-0.2, -0.15) is 0 Å². The van der Waals surface area contributed by atoms with Crippen molar-refractivity contribution < 1.29 is 4.79 Å². The third-order valence-electron chi connectivity index (χ3n) is 5.87. The summed E-state index contributed by atoms with van der Waals surface area (Å²) in [7, 11) is 0. The van der Waals surface area contributed by atoms with E-state index in [0.717, 1.165) is 19.0 Å².